The molecule has 9 heteroatoms. The topological polar surface area (TPSA) is 106 Å². The van der Waals surface area contributed by atoms with Crippen molar-refractivity contribution in [1.29, 1.82) is 0 Å². The molecule has 19 heavy (non-hydrogen) atoms. The van der Waals surface area contributed by atoms with Crippen LogP contribution < -0.4 is 5.32 Å². The molecule has 0 bridgehead atoms. The van der Waals surface area contributed by atoms with Gasteiger partial charge in [-0.3, -0.25) is 14.9 Å². The van der Waals surface area contributed by atoms with Crippen LogP contribution in [0.25, 0.3) is 0 Å². The first kappa shape index (κ1) is 14.9. The number of rotatable bonds is 4. The Balaban J connectivity index is 2.59. The van der Waals surface area contributed by atoms with Crippen LogP contribution in [-0.4, -0.2) is 43.4 Å². The molecular weight excluding hydrogens is 274 g/mol. The molecule has 0 aromatic heterocycles. The van der Waals surface area contributed by atoms with Crippen LogP contribution in [0.15, 0.2) is 21.2 Å². The third kappa shape index (κ3) is 4.92. The normalized spacial score (nSPS) is 18.9. The van der Waals surface area contributed by atoms with Crippen molar-refractivity contribution in [3.63, 3.8) is 0 Å². The Hall–Kier alpha value is -2.16. The van der Waals surface area contributed by atoms with Gasteiger partial charge in [0.05, 0.1) is 25.5 Å². The highest BCUT2D eigenvalue weighted by Crippen LogP contribution is 2.23. The number of hydrogen-bond acceptors (Lipinski definition) is 8. The molecular formula is C10H11N3O5S. The largest absolute Gasteiger partial charge is 0.469 e. The van der Waals surface area contributed by atoms with Gasteiger partial charge in [0.2, 0.25) is 0 Å². The van der Waals surface area contributed by atoms with E-state index in [-0.39, 0.29) is 16.5 Å². The Bertz CT molecular complexity index is 484. The number of ether oxygens (including phenoxy) is 2. The van der Waals surface area contributed by atoms with Gasteiger partial charge in [0.25, 0.3) is 5.91 Å². The Morgan fingerprint density at radius 3 is 2.74 bits per heavy atom. The Labute approximate surface area is 112 Å². The maximum atomic E-state index is 11.4. The molecule has 102 valence electrons. The van der Waals surface area contributed by atoms with Crippen LogP contribution in [-0.2, 0) is 23.9 Å². The fourth-order valence-corrected chi connectivity index (χ4v) is 1.67. The number of esters is 2. The molecule has 1 N–H and O–H groups in total. The molecule has 0 atom stereocenters. The second kappa shape index (κ2) is 7.31. The third-order valence-corrected chi connectivity index (χ3v) is 2.72. The van der Waals surface area contributed by atoms with Gasteiger partial charge in [0.15, 0.2) is 5.17 Å². The second-order valence-electron chi connectivity index (χ2n) is 3.07. The monoisotopic (exact) mass is 285 g/mol. The minimum atomic E-state index is -0.631. The van der Waals surface area contributed by atoms with Crippen LogP contribution in [0, 0.1) is 0 Å². The zero-order valence-corrected chi connectivity index (χ0v) is 11.0. The first-order chi connectivity index (χ1) is 9.06. The number of nitrogens with one attached hydrogen (secondary N) is 1. The SMILES string of the molecule is COC(=O)/C=C1\S/C(=N/N=C\CC(=O)OC)NC1=O. The van der Waals surface area contributed by atoms with Gasteiger partial charge in [-0.2, -0.15) is 5.10 Å². The van der Waals surface area contributed by atoms with Crippen molar-refractivity contribution in [3.05, 3.63) is 11.0 Å². The van der Waals surface area contributed by atoms with E-state index in [0.717, 1.165) is 17.8 Å². The van der Waals surface area contributed by atoms with Gasteiger partial charge in [-0.25, -0.2) is 4.79 Å². The van der Waals surface area contributed by atoms with Gasteiger partial charge < -0.3 is 9.47 Å². The minimum absolute atomic E-state index is 0.0171. The summed E-state index contributed by atoms with van der Waals surface area (Å²) in [6.45, 7) is 0. The van der Waals surface area contributed by atoms with Crippen molar-refractivity contribution in [1.82, 2.24) is 5.32 Å². The molecule has 8 nitrogen and oxygen atoms in total. The van der Waals surface area contributed by atoms with Gasteiger partial charge in [0.1, 0.15) is 0 Å². The van der Waals surface area contributed by atoms with E-state index in [1.807, 2.05) is 0 Å². The number of hydrogen-bond donors (Lipinski definition) is 1. The van der Waals surface area contributed by atoms with Crippen molar-refractivity contribution in [2.24, 2.45) is 10.2 Å². The van der Waals surface area contributed by atoms with Crippen LogP contribution in [0.2, 0.25) is 0 Å². The van der Waals surface area contributed by atoms with Gasteiger partial charge in [-0.15, -0.1) is 5.10 Å². The number of amidine groups is 1. The minimum Gasteiger partial charge on any atom is -0.469 e. The molecule has 1 aliphatic heterocycles. The second-order valence-corrected chi connectivity index (χ2v) is 4.10. The molecule has 0 unspecified atom stereocenters. The van der Waals surface area contributed by atoms with Crippen molar-refractivity contribution < 1.29 is 23.9 Å². The molecule has 1 aliphatic rings. The fourth-order valence-electron chi connectivity index (χ4n) is 0.933. The molecule has 1 saturated heterocycles. The van der Waals surface area contributed by atoms with E-state index in [4.69, 9.17) is 0 Å². The molecule has 1 fully saturated rings. The molecule has 0 spiro atoms. The van der Waals surface area contributed by atoms with Crippen LogP contribution in [0.1, 0.15) is 6.42 Å². The van der Waals surface area contributed by atoms with E-state index in [0.29, 0.717) is 0 Å². The van der Waals surface area contributed by atoms with E-state index in [1.165, 1.54) is 20.4 Å². The summed E-state index contributed by atoms with van der Waals surface area (Å²) in [6.07, 6.45) is 2.28. The van der Waals surface area contributed by atoms with Crippen LogP contribution in [0.3, 0.4) is 0 Å². The summed E-state index contributed by atoms with van der Waals surface area (Å²) < 4.78 is 8.80. The molecule has 0 aliphatic carbocycles. The molecule has 0 aromatic carbocycles. The summed E-state index contributed by atoms with van der Waals surface area (Å²) in [5.41, 5.74) is 0. The quantitative estimate of drug-likeness (QED) is 0.332. The van der Waals surface area contributed by atoms with Crippen molar-refractivity contribution >= 4 is 41.0 Å². The standard InChI is InChI=1S/C10H11N3O5S/c1-17-7(14)3-4-11-13-10-12-9(16)6(19-10)5-8(15)18-2/h4-5H,3H2,1-2H3,(H,12,13,16)/b6-5-,11-4-. The molecule has 1 amide bonds. The van der Waals surface area contributed by atoms with E-state index < -0.39 is 17.8 Å². The number of nitrogens with zero attached hydrogens (tertiary/aromatic N) is 2. The first-order valence-corrected chi connectivity index (χ1v) is 5.83. The zero-order chi connectivity index (χ0) is 14.3. The van der Waals surface area contributed by atoms with Crippen molar-refractivity contribution in [2.75, 3.05) is 14.2 Å². The van der Waals surface area contributed by atoms with Gasteiger partial charge in [0, 0.05) is 12.3 Å². The van der Waals surface area contributed by atoms with E-state index >= 15 is 0 Å². The van der Waals surface area contributed by atoms with Gasteiger partial charge in [-0.05, 0) is 11.8 Å². The van der Waals surface area contributed by atoms with Crippen LogP contribution in [0.5, 0.6) is 0 Å². The lowest BCUT2D eigenvalue weighted by Crippen LogP contribution is -2.19. The predicted octanol–water partition coefficient (Wildman–Crippen LogP) is -0.189. The molecule has 1 rings (SSSR count). The summed E-state index contributed by atoms with van der Waals surface area (Å²) in [6, 6.07) is 0. The first-order valence-electron chi connectivity index (χ1n) is 5.02. The average molecular weight is 285 g/mol. The van der Waals surface area contributed by atoms with Gasteiger partial charge >= 0.3 is 11.9 Å². The van der Waals surface area contributed by atoms with Gasteiger partial charge in [-0.1, -0.05) is 0 Å². The summed E-state index contributed by atoms with van der Waals surface area (Å²) in [7, 11) is 2.47. The molecule has 1 heterocycles. The number of amides is 1. The fraction of sp³-hybridized carbons (Fsp3) is 0.300. The van der Waals surface area contributed by atoms with E-state index in [9.17, 15) is 14.4 Å². The summed E-state index contributed by atoms with van der Waals surface area (Å²) in [5.74, 6) is -1.54. The smallest absolute Gasteiger partial charge is 0.331 e. The van der Waals surface area contributed by atoms with Crippen molar-refractivity contribution in [2.45, 2.75) is 6.42 Å². The molecule has 0 saturated carbocycles. The lowest BCUT2D eigenvalue weighted by molar-refractivity contribution is -0.139. The molecule has 0 radical (unpaired) electrons. The van der Waals surface area contributed by atoms with Crippen LogP contribution >= 0.6 is 11.8 Å². The number of methoxy groups -OCH3 is 2. The maximum Gasteiger partial charge on any atom is 0.331 e. The highest BCUT2D eigenvalue weighted by Gasteiger charge is 2.24. The average Bonchev–Trinajstić information content (AvgIpc) is 2.74. The Morgan fingerprint density at radius 2 is 2.11 bits per heavy atom. The molecule has 0 aromatic rings. The summed E-state index contributed by atoms with van der Waals surface area (Å²) in [4.78, 5) is 33.3. The lowest BCUT2D eigenvalue weighted by Gasteiger charge is -1.91. The highest BCUT2D eigenvalue weighted by molar-refractivity contribution is 8.18. The van der Waals surface area contributed by atoms with E-state index in [2.05, 4.69) is 25.0 Å². The van der Waals surface area contributed by atoms with E-state index in [1.54, 1.807) is 0 Å². The Morgan fingerprint density at radius 1 is 1.37 bits per heavy atom. The highest BCUT2D eigenvalue weighted by atomic mass is 32.2. The predicted molar refractivity (Wildman–Crippen MR) is 68.4 cm³/mol. The number of carbonyl (C=O) groups is 3. The third-order valence-electron chi connectivity index (χ3n) is 1.82. The van der Waals surface area contributed by atoms with Crippen LogP contribution in [0.4, 0.5) is 0 Å². The summed E-state index contributed by atoms with van der Waals surface area (Å²) in [5, 5.41) is 9.89. The van der Waals surface area contributed by atoms with Crippen molar-refractivity contribution in [3.8, 4) is 0 Å². The Kier molecular flexibility index (Phi) is 5.73. The lowest BCUT2D eigenvalue weighted by atomic mass is 10.4. The zero-order valence-electron chi connectivity index (χ0n) is 10.2. The summed E-state index contributed by atoms with van der Waals surface area (Å²) >= 11 is 0.947. The number of thioether (sulfide) groups is 1. The number of carbonyl (C=O) groups excluding carboxylic acids is 3. The maximum absolute atomic E-state index is 11.4.